The maximum atomic E-state index is 5.25. The van der Waals surface area contributed by atoms with Gasteiger partial charge in [-0.1, -0.05) is 6.08 Å². The molecule has 0 radical (unpaired) electrons. The van der Waals surface area contributed by atoms with Crippen molar-refractivity contribution >= 4 is 29.1 Å². The van der Waals surface area contributed by atoms with E-state index in [0.717, 1.165) is 5.75 Å². The largest absolute Gasteiger partial charge is 0.376 e. The zero-order chi connectivity index (χ0) is 6.69. The van der Waals surface area contributed by atoms with Gasteiger partial charge in [0.05, 0.1) is 6.04 Å². The van der Waals surface area contributed by atoms with Gasteiger partial charge in [-0.25, -0.2) is 0 Å². The van der Waals surface area contributed by atoms with Gasteiger partial charge in [0.25, 0.3) is 0 Å². The molecule has 0 saturated heterocycles. The summed E-state index contributed by atoms with van der Waals surface area (Å²) in [6.45, 7) is 0. The van der Waals surface area contributed by atoms with Crippen LogP contribution in [0.2, 0.25) is 0 Å². The minimum absolute atomic E-state index is 0.354. The van der Waals surface area contributed by atoms with Gasteiger partial charge in [-0.2, -0.15) is 0 Å². The van der Waals surface area contributed by atoms with E-state index < -0.39 is 0 Å². The molecule has 0 amide bonds. The van der Waals surface area contributed by atoms with E-state index in [9.17, 15) is 0 Å². The van der Waals surface area contributed by atoms with Crippen LogP contribution in [0.15, 0.2) is 11.5 Å². The van der Waals surface area contributed by atoms with Gasteiger partial charge in [-0.05, 0) is 17.6 Å². The second-order valence-corrected chi connectivity index (χ2v) is 3.16. The molecule has 2 nitrogen and oxygen atoms in total. The van der Waals surface area contributed by atoms with Crippen molar-refractivity contribution < 1.29 is 0 Å². The summed E-state index contributed by atoms with van der Waals surface area (Å²) in [4.78, 5) is 0. The zero-order valence-corrected chi connectivity index (χ0v) is 6.47. The summed E-state index contributed by atoms with van der Waals surface area (Å²) in [7, 11) is 0. The third kappa shape index (κ3) is 2.24. The van der Waals surface area contributed by atoms with Crippen molar-refractivity contribution in [2.45, 2.75) is 6.04 Å². The van der Waals surface area contributed by atoms with Crippen LogP contribution in [-0.4, -0.2) is 16.9 Å². The molecular formula is C5H8N2S2. The molecule has 1 atom stereocenters. The van der Waals surface area contributed by atoms with E-state index in [2.05, 4.69) is 29.0 Å². The summed E-state index contributed by atoms with van der Waals surface area (Å²) in [5.74, 6) is 1.04. The average Bonchev–Trinajstić information content (AvgIpc) is 2.15. The molecule has 50 valence electrons. The van der Waals surface area contributed by atoms with E-state index in [-0.39, 0.29) is 0 Å². The van der Waals surface area contributed by atoms with Crippen LogP contribution < -0.4 is 11.1 Å². The summed E-state index contributed by atoms with van der Waals surface area (Å²) < 4.78 is 0. The highest BCUT2D eigenvalue weighted by molar-refractivity contribution is 8.02. The Bertz CT molecular complexity index is 144. The molecule has 0 aromatic heterocycles. The highest BCUT2D eigenvalue weighted by atomic mass is 32.2. The van der Waals surface area contributed by atoms with E-state index in [1.165, 1.54) is 0 Å². The van der Waals surface area contributed by atoms with Crippen LogP contribution in [0.1, 0.15) is 0 Å². The van der Waals surface area contributed by atoms with Crippen LogP contribution in [0.5, 0.6) is 0 Å². The van der Waals surface area contributed by atoms with Crippen LogP contribution in [0.25, 0.3) is 0 Å². The van der Waals surface area contributed by atoms with Gasteiger partial charge in [0.2, 0.25) is 0 Å². The van der Waals surface area contributed by atoms with E-state index in [4.69, 9.17) is 5.73 Å². The molecule has 0 aromatic rings. The molecular weight excluding hydrogens is 152 g/mol. The Balaban J connectivity index is 2.28. The van der Waals surface area contributed by atoms with E-state index in [0.29, 0.717) is 11.2 Å². The first kappa shape index (κ1) is 6.89. The maximum absolute atomic E-state index is 5.25. The fourth-order valence-corrected chi connectivity index (χ4v) is 1.60. The summed E-state index contributed by atoms with van der Waals surface area (Å²) in [5, 5.41) is 5.38. The topological polar surface area (TPSA) is 38.0 Å². The molecule has 1 aliphatic heterocycles. The predicted octanol–water partition coefficient (Wildman–Crippen LogP) is 0.449. The number of hydrogen-bond donors (Lipinski definition) is 2. The highest BCUT2D eigenvalue weighted by Gasteiger charge is 2.07. The maximum Gasteiger partial charge on any atom is 0.164 e. The van der Waals surface area contributed by atoms with Crippen molar-refractivity contribution in [3.63, 3.8) is 0 Å². The van der Waals surface area contributed by atoms with Gasteiger partial charge in [0.15, 0.2) is 5.11 Å². The Morgan fingerprint density at radius 1 is 1.89 bits per heavy atom. The predicted molar refractivity (Wildman–Crippen MR) is 45.3 cm³/mol. The van der Waals surface area contributed by atoms with Gasteiger partial charge >= 0.3 is 0 Å². The van der Waals surface area contributed by atoms with Gasteiger partial charge in [-0.15, -0.1) is 11.8 Å². The lowest BCUT2D eigenvalue weighted by Crippen LogP contribution is -2.37. The quantitative estimate of drug-likeness (QED) is 0.546. The molecule has 0 aromatic carbocycles. The fraction of sp³-hybridized carbons (Fsp3) is 0.400. The molecule has 1 heterocycles. The molecule has 1 unspecified atom stereocenters. The second-order valence-electron chi connectivity index (χ2n) is 1.78. The minimum atomic E-state index is 0.354. The number of rotatable bonds is 1. The Hall–Kier alpha value is -0.220. The number of hydrogen-bond acceptors (Lipinski definition) is 2. The summed E-state index contributed by atoms with van der Waals surface area (Å²) in [5.41, 5.74) is 5.25. The first-order valence-electron chi connectivity index (χ1n) is 2.63. The molecule has 1 rings (SSSR count). The Morgan fingerprint density at radius 3 is 3.11 bits per heavy atom. The highest BCUT2D eigenvalue weighted by Crippen LogP contribution is 2.13. The molecule has 3 N–H and O–H groups in total. The Kier molecular flexibility index (Phi) is 2.36. The van der Waals surface area contributed by atoms with Gasteiger partial charge in [0.1, 0.15) is 0 Å². The third-order valence-corrected chi connectivity index (χ3v) is 2.03. The molecule has 0 aliphatic carbocycles. The average molecular weight is 160 g/mol. The third-order valence-electron chi connectivity index (χ3n) is 1.01. The van der Waals surface area contributed by atoms with Crippen molar-refractivity contribution in [2.24, 2.45) is 5.73 Å². The van der Waals surface area contributed by atoms with Crippen LogP contribution >= 0.6 is 24.0 Å². The molecule has 0 bridgehead atoms. The minimum Gasteiger partial charge on any atom is -0.376 e. The lowest BCUT2D eigenvalue weighted by atomic mass is 10.3. The van der Waals surface area contributed by atoms with Crippen LogP contribution in [-0.2, 0) is 0 Å². The number of nitrogens with one attached hydrogen (secondary N) is 1. The van der Waals surface area contributed by atoms with Gasteiger partial charge in [-0.3, -0.25) is 0 Å². The van der Waals surface area contributed by atoms with Crippen molar-refractivity contribution in [1.82, 2.24) is 5.32 Å². The smallest absolute Gasteiger partial charge is 0.164 e. The SMILES string of the molecule is NC(=S)NC1C=CSC1. The van der Waals surface area contributed by atoms with Crippen molar-refractivity contribution in [2.75, 3.05) is 5.75 Å². The van der Waals surface area contributed by atoms with Crippen molar-refractivity contribution in [3.05, 3.63) is 11.5 Å². The van der Waals surface area contributed by atoms with Crippen LogP contribution in [0, 0.1) is 0 Å². The first-order valence-corrected chi connectivity index (χ1v) is 4.09. The first-order chi connectivity index (χ1) is 4.29. The Labute approximate surface area is 63.9 Å². The summed E-state index contributed by atoms with van der Waals surface area (Å²) >= 11 is 6.42. The monoisotopic (exact) mass is 160 g/mol. The van der Waals surface area contributed by atoms with Crippen LogP contribution in [0.4, 0.5) is 0 Å². The van der Waals surface area contributed by atoms with E-state index in [1.54, 1.807) is 11.8 Å². The van der Waals surface area contributed by atoms with Crippen LogP contribution in [0.3, 0.4) is 0 Å². The van der Waals surface area contributed by atoms with E-state index in [1.807, 2.05) is 0 Å². The number of thiocarbonyl (C=S) groups is 1. The van der Waals surface area contributed by atoms with Crippen molar-refractivity contribution in [3.8, 4) is 0 Å². The van der Waals surface area contributed by atoms with Gasteiger partial charge in [0, 0.05) is 5.75 Å². The zero-order valence-electron chi connectivity index (χ0n) is 4.83. The fourth-order valence-electron chi connectivity index (χ4n) is 0.638. The van der Waals surface area contributed by atoms with Crippen molar-refractivity contribution in [1.29, 1.82) is 0 Å². The molecule has 4 heteroatoms. The summed E-state index contributed by atoms with van der Waals surface area (Å²) in [6.07, 6.45) is 2.06. The molecule has 1 aliphatic rings. The van der Waals surface area contributed by atoms with E-state index >= 15 is 0 Å². The normalized spacial score (nSPS) is 24.2. The molecule has 9 heavy (non-hydrogen) atoms. The standard InChI is InChI=1S/C5H8N2S2/c6-5(8)7-4-1-2-9-3-4/h1-2,4H,3H2,(H3,6,7,8). The lowest BCUT2D eigenvalue weighted by Gasteiger charge is -2.07. The lowest BCUT2D eigenvalue weighted by molar-refractivity contribution is 0.830. The second kappa shape index (κ2) is 3.08. The molecule has 0 spiro atoms. The Morgan fingerprint density at radius 2 is 2.67 bits per heavy atom. The number of thioether (sulfide) groups is 1. The summed E-state index contributed by atoms with van der Waals surface area (Å²) in [6, 6.07) is 0.354. The van der Waals surface area contributed by atoms with Gasteiger partial charge < -0.3 is 11.1 Å². The molecule has 0 saturated carbocycles. The number of nitrogens with two attached hydrogens (primary N) is 1. The molecule has 0 fully saturated rings.